The zero-order valence-corrected chi connectivity index (χ0v) is 8.07. The van der Waals surface area contributed by atoms with Gasteiger partial charge in [-0.15, -0.1) is 0 Å². The van der Waals surface area contributed by atoms with Crippen molar-refractivity contribution >= 4 is 11.8 Å². The quantitative estimate of drug-likeness (QED) is 0.660. The van der Waals surface area contributed by atoms with Gasteiger partial charge in [0, 0.05) is 0 Å². The molecule has 0 aromatic carbocycles. The molecule has 1 rings (SSSR count). The number of aliphatic hydroxyl groups is 1. The predicted molar refractivity (Wildman–Crippen MR) is 51.0 cm³/mol. The highest BCUT2D eigenvalue weighted by atomic mass is 32.2. The molecule has 0 aromatic rings. The zero-order valence-electron chi connectivity index (χ0n) is 7.25. The first kappa shape index (κ1) is 9.40. The Morgan fingerprint density at radius 2 is 2.27 bits per heavy atom. The van der Waals surface area contributed by atoms with Gasteiger partial charge in [0.1, 0.15) is 0 Å². The lowest BCUT2D eigenvalue weighted by molar-refractivity contribution is 0.128. The van der Waals surface area contributed by atoms with Gasteiger partial charge in [0.15, 0.2) is 0 Å². The summed E-state index contributed by atoms with van der Waals surface area (Å²) in [6.07, 6.45) is 8.23. The van der Waals surface area contributed by atoms with Crippen molar-refractivity contribution in [1.82, 2.24) is 0 Å². The molecule has 2 heteroatoms. The first-order chi connectivity index (χ1) is 5.34. The van der Waals surface area contributed by atoms with Crippen molar-refractivity contribution in [2.45, 2.75) is 38.2 Å². The molecule has 1 nitrogen and oxygen atoms in total. The Kier molecular flexibility index (Phi) is 4.31. The highest BCUT2D eigenvalue weighted by Gasteiger charge is 2.23. The van der Waals surface area contributed by atoms with Crippen LogP contribution in [0.5, 0.6) is 0 Å². The molecule has 0 aliphatic heterocycles. The van der Waals surface area contributed by atoms with Crippen molar-refractivity contribution in [3.8, 4) is 0 Å². The highest BCUT2D eigenvalue weighted by molar-refractivity contribution is 7.98. The van der Waals surface area contributed by atoms with E-state index < -0.39 is 0 Å². The third kappa shape index (κ3) is 3.04. The van der Waals surface area contributed by atoms with Crippen LogP contribution in [0, 0.1) is 5.92 Å². The van der Waals surface area contributed by atoms with Crippen LogP contribution in [-0.4, -0.2) is 23.2 Å². The summed E-state index contributed by atoms with van der Waals surface area (Å²) in [6.45, 7) is 0. The molecular formula is C9H18OS. The molecule has 0 radical (unpaired) electrons. The van der Waals surface area contributed by atoms with Crippen LogP contribution in [0.15, 0.2) is 0 Å². The van der Waals surface area contributed by atoms with E-state index in [4.69, 9.17) is 0 Å². The average molecular weight is 174 g/mol. The molecule has 1 aliphatic carbocycles. The average Bonchev–Trinajstić information content (AvgIpc) is 2.37. The predicted octanol–water partition coefficient (Wildman–Crippen LogP) is 2.29. The zero-order chi connectivity index (χ0) is 8.10. The van der Waals surface area contributed by atoms with Crippen LogP contribution < -0.4 is 0 Å². The van der Waals surface area contributed by atoms with Gasteiger partial charge in [0.05, 0.1) is 6.10 Å². The van der Waals surface area contributed by atoms with Gasteiger partial charge in [-0.1, -0.05) is 6.42 Å². The van der Waals surface area contributed by atoms with Gasteiger partial charge in [-0.3, -0.25) is 0 Å². The SMILES string of the molecule is CSCCCC1CCCC1O. The molecule has 1 aliphatic rings. The second-order valence-corrected chi connectivity index (χ2v) is 4.38. The number of rotatable bonds is 4. The fraction of sp³-hybridized carbons (Fsp3) is 1.00. The van der Waals surface area contributed by atoms with E-state index in [1.165, 1.54) is 31.4 Å². The van der Waals surface area contributed by atoms with Crippen LogP contribution in [0.1, 0.15) is 32.1 Å². The second kappa shape index (κ2) is 5.04. The van der Waals surface area contributed by atoms with Crippen LogP contribution in [0.3, 0.4) is 0 Å². The van der Waals surface area contributed by atoms with Gasteiger partial charge in [-0.25, -0.2) is 0 Å². The molecule has 2 unspecified atom stereocenters. The molecular weight excluding hydrogens is 156 g/mol. The van der Waals surface area contributed by atoms with Crippen LogP contribution >= 0.6 is 11.8 Å². The van der Waals surface area contributed by atoms with Crippen molar-refractivity contribution < 1.29 is 5.11 Å². The standard InChI is InChI=1S/C9H18OS/c1-11-7-3-5-8-4-2-6-9(8)10/h8-10H,2-7H2,1H3. The molecule has 66 valence electrons. The molecule has 0 amide bonds. The van der Waals surface area contributed by atoms with Gasteiger partial charge in [0.25, 0.3) is 0 Å². The summed E-state index contributed by atoms with van der Waals surface area (Å²) >= 11 is 1.90. The maximum atomic E-state index is 9.48. The maximum absolute atomic E-state index is 9.48. The van der Waals surface area contributed by atoms with E-state index in [0.717, 1.165) is 6.42 Å². The minimum Gasteiger partial charge on any atom is -0.393 e. The Morgan fingerprint density at radius 1 is 1.45 bits per heavy atom. The molecule has 2 atom stereocenters. The molecule has 11 heavy (non-hydrogen) atoms. The molecule has 0 spiro atoms. The van der Waals surface area contributed by atoms with E-state index >= 15 is 0 Å². The molecule has 1 N–H and O–H groups in total. The molecule has 0 aromatic heterocycles. The summed E-state index contributed by atoms with van der Waals surface area (Å²) < 4.78 is 0. The smallest absolute Gasteiger partial charge is 0.0568 e. The molecule has 0 heterocycles. The molecule has 0 saturated heterocycles. The summed E-state index contributed by atoms with van der Waals surface area (Å²) in [7, 11) is 0. The lowest BCUT2D eigenvalue weighted by Gasteiger charge is -2.12. The largest absolute Gasteiger partial charge is 0.393 e. The molecule has 1 fully saturated rings. The third-order valence-electron chi connectivity index (χ3n) is 2.54. The fourth-order valence-electron chi connectivity index (χ4n) is 1.84. The number of hydrogen-bond acceptors (Lipinski definition) is 2. The summed E-state index contributed by atoms with van der Waals surface area (Å²) in [5.74, 6) is 1.88. The lowest BCUT2D eigenvalue weighted by atomic mass is 10.0. The Bertz CT molecular complexity index is 106. The van der Waals surface area contributed by atoms with Gasteiger partial charge in [-0.2, -0.15) is 11.8 Å². The first-order valence-electron chi connectivity index (χ1n) is 4.51. The van der Waals surface area contributed by atoms with Crippen LogP contribution in [0.25, 0.3) is 0 Å². The van der Waals surface area contributed by atoms with Gasteiger partial charge in [-0.05, 0) is 43.6 Å². The van der Waals surface area contributed by atoms with E-state index in [1.807, 2.05) is 11.8 Å². The topological polar surface area (TPSA) is 20.2 Å². The Morgan fingerprint density at radius 3 is 2.82 bits per heavy atom. The number of thioether (sulfide) groups is 1. The van der Waals surface area contributed by atoms with Crippen molar-refractivity contribution in [3.05, 3.63) is 0 Å². The summed E-state index contributed by atoms with van der Waals surface area (Å²) in [5, 5.41) is 9.48. The van der Waals surface area contributed by atoms with E-state index in [0.29, 0.717) is 5.92 Å². The fourth-order valence-corrected chi connectivity index (χ4v) is 2.30. The first-order valence-corrected chi connectivity index (χ1v) is 5.91. The van der Waals surface area contributed by atoms with E-state index in [2.05, 4.69) is 6.26 Å². The summed E-state index contributed by atoms with van der Waals surface area (Å²) in [4.78, 5) is 0. The van der Waals surface area contributed by atoms with Crippen LogP contribution in [-0.2, 0) is 0 Å². The van der Waals surface area contributed by atoms with E-state index in [9.17, 15) is 5.11 Å². The van der Waals surface area contributed by atoms with Crippen LogP contribution in [0.4, 0.5) is 0 Å². The maximum Gasteiger partial charge on any atom is 0.0568 e. The number of hydrogen-bond donors (Lipinski definition) is 1. The minimum absolute atomic E-state index is 0.0249. The normalized spacial score (nSPS) is 31.1. The molecule has 0 bridgehead atoms. The van der Waals surface area contributed by atoms with E-state index in [-0.39, 0.29) is 6.10 Å². The van der Waals surface area contributed by atoms with Crippen molar-refractivity contribution in [3.63, 3.8) is 0 Å². The Balaban J connectivity index is 2.05. The monoisotopic (exact) mass is 174 g/mol. The summed E-state index contributed by atoms with van der Waals surface area (Å²) in [5.41, 5.74) is 0. The van der Waals surface area contributed by atoms with Gasteiger partial charge >= 0.3 is 0 Å². The second-order valence-electron chi connectivity index (χ2n) is 3.39. The Hall–Kier alpha value is 0.310. The lowest BCUT2D eigenvalue weighted by Crippen LogP contribution is -2.12. The van der Waals surface area contributed by atoms with E-state index in [1.54, 1.807) is 0 Å². The minimum atomic E-state index is 0.0249. The van der Waals surface area contributed by atoms with Crippen molar-refractivity contribution in [1.29, 1.82) is 0 Å². The third-order valence-corrected chi connectivity index (χ3v) is 3.24. The number of aliphatic hydroxyl groups excluding tert-OH is 1. The van der Waals surface area contributed by atoms with Crippen molar-refractivity contribution in [2.24, 2.45) is 5.92 Å². The van der Waals surface area contributed by atoms with Crippen molar-refractivity contribution in [2.75, 3.05) is 12.0 Å². The summed E-state index contributed by atoms with van der Waals surface area (Å²) in [6, 6.07) is 0. The van der Waals surface area contributed by atoms with Crippen LogP contribution in [0.2, 0.25) is 0 Å². The Labute approximate surface area is 73.6 Å². The molecule has 1 saturated carbocycles. The van der Waals surface area contributed by atoms with Gasteiger partial charge < -0.3 is 5.11 Å². The highest BCUT2D eigenvalue weighted by Crippen LogP contribution is 2.29. The van der Waals surface area contributed by atoms with Gasteiger partial charge in [0.2, 0.25) is 0 Å².